The van der Waals surface area contributed by atoms with Crippen LogP contribution >= 0.6 is 0 Å². The molecule has 2 heterocycles. The van der Waals surface area contributed by atoms with E-state index < -0.39 is 5.41 Å². The molecule has 1 aliphatic rings. The highest BCUT2D eigenvalue weighted by Gasteiger charge is 2.40. The Labute approximate surface area is 141 Å². The second-order valence-electron chi connectivity index (χ2n) is 6.99. The van der Waals surface area contributed by atoms with Gasteiger partial charge in [-0.1, -0.05) is 0 Å². The topological polar surface area (TPSA) is 42.4 Å². The summed E-state index contributed by atoms with van der Waals surface area (Å²) in [4.78, 5) is 18.7. The normalized spacial score (nSPS) is 18.7. The lowest BCUT2D eigenvalue weighted by molar-refractivity contribution is -0.154. The third-order valence-corrected chi connectivity index (χ3v) is 5.18. The lowest BCUT2D eigenvalue weighted by Gasteiger charge is -2.41. The van der Waals surface area contributed by atoms with Gasteiger partial charge in [-0.3, -0.25) is 9.78 Å². The molecule has 1 aromatic carbocycles. The Morgan fingerprint density at radius 2 is 2.17 bits per heavy atom. The third-order valence-electron chi connectivity index (χ3n) is 5.18. The summed E-state index contributed by atoms with van der Waals surface area (Å²) in [5.41, 5.74) is 1.18. The van der Waals surface area contributed by atoms with Crippen molar-refractivity contribution in [1.29, 1.82) is 0 Å². The van der Waals surface area contributed by atoms with Gasteiger partial charge in [0.2, 0.25) is 0 Å². The van der Waals surface area contributed by atoms with Crippen LogP contribution in [0.5, 0.6) is 0 Å². The number of pyridine rings is 1. The summed E-state index contributed by atoms with van der Waals surface area (Å²) in [6, 6.07) is 6.67. The molecule has 0 saturated carbocycles. The predicted molar refractivity (Wildman–Crippen MR) is 92.4 cm³/mol. The molecule has 0 radical (unpaired) electrons. The van der Waals surface area contributed by atoms with E-state index in [1.807, 2.05) is 19.9 Å². The molecular formula is C19H23FN2O2. The molecule has 0 aliphatic carbocycles. The van der Waals surface area contributed by atoms with Gasteiger partial charge >= 0.3 is 5.97 Å². The molecular weight excluding hydrogens is 307 g/mol. The van der Waals surface area contributed by atoms with Gasteiger partial charge in [-0.2, -0.15) is 0 Å². The van der Waals surface area contributed by atoms with E-state index >= 15 is 0 Å². The van der Waals surface area contributed by atoms with Gasteiger partial charge in [0.15, 0.2) is 0 Å². The highest BCUT2D eigenvalue weighted by Crippen LogP contribution is 2.37. The van der Waals surface area contributed by atoms with Crippen molar-refractivity contribution in [3.8, 4) is 0 Å². The van der Waals surface area contributed by atoms with Crippen LogP contribution in [0, 0.1) is 17.2 Å². The number of hydrogen-bond acceptors (Lipinski definition) is 4. The number of piperidine rings is 1. The molecule has 1 aliphatic heterocycles. The van der Waals surface area contributed by atoms with E-state index in [2.05, 4.69) is 9.88 Å². The van der Waals surface area contributed by atoms with E-state index in [-0.39, 0.29) is 17.7 Å². The quantitative estimate of drug-likeness (QED) is 0.803. The Morgan fingerprint density at radius 3 is 2.92 bits per heavy atom. The van der Waals surface area contributed by atoms with Gasteiger partial charge in [0.05, 0.1) is 18.0 Å². The number of carbonyl (C=O) groups excluding carboxylic acids is 1. The summed E-state index contributed by atoms with van der Waals surface area (Å²) in [5, 5.41) is 0.940. The molecule has 2 aromatic rings. The van der Waals surface area contributed by atoms with Gasteiger partial charge in [-0.25, -0.2) is 4.39 Å². The van der Waals surface area contributed by atoms with E-state index in [1.165, 1.54) is 19.2 Å². The zero-order valence-electron chi connectivity index (χ0n) is 14.4. The van der Waals surface area contributed by atoms with Crippen LogP contribution in [-0.4, -0.2) is 31.2 Å². The molecule has 128 valence electrons. The van der Waals surface area contributed by atoms with Crippen LogP contribution in [0.4, 0.5) is 10.1 Å². The molecule has 5 heteroatoms. The summed E-state index contributed by atoms with van der Waals surface area (Å²) in [5.74, 6) is -0.242. The number of ether oxygens (including phenoxy) is 1. The molecule has 1 fully saturated rings. The maximum atomic E-state index is 13.5. The summed E-state index contributed by atoms with van der Waals surface area (Å²) in [6.07, 6.45) is 3.72. The van der Waals surface area contributed by atoms with Crippen LogP contribution < -0.4 is 4.90 Å². The Morgan fingerprint density at radius 1 is 1.38 bits per heavy atom. The number of methoxy groups -OCH3 is 1. The number of fused-ring (bicyclic) bond motifs is 1. The summed E-state index contributed by atoms with van der Waals surface area (Å²) in [7, 11) is 1.44. The smallest absolute Gasteiger partial charge is 0.311 e. The predicted octanol–water partition coefficient (Wildman–Crippen LogP) is 3.79. The monoisotopic (exact) mass is 330 g/mol. The van der Waals surface area contributed by atoms with Gasteiger partial charge in [-0.15, -0.1) is 0 Å². The first-order valence-electron chi connectivity index (χ1n) is 8.31. The van der Waals surface area contributed by atoms with Gasteiger partial charge in [0.25, 0.3) is 0 Å². The minimum atomic E-state index is -0.525. The molecule has 4 nitrogen and oxygen atoms in total. The fourth-order valence-electron chi connectivity index (χ4n) is 3.60. The zero-order chi connectivity index (χ0) is 17.3. The molecule has 0 N–H and O–H groups in total. The average molecular weight is 330 g/mol. The minimum Gasteiger partial charge on any atom is -0.469 e. The molecule has 1 aromatic heterocycles. The lowest BCUT2D eigenvalue weighted by Crippen LogP contribution is -2.45. The molecule has 1 atom stereocenters. The van der Waals surface area contributed by atoms with Gasteiger partial charge in [0, 0.05) is 36.4 Å². The van der Waals surface area contributed by atoms with E-state index in [1.54, 1.807) is 12.3 Å². The summed E-state index contributed by atoms with van der Waals surface area (Å²) in [6.45, 7) is 5.60. The van der Waals surface area contributed by atoms with Crippen LogP contribution in [-0.2, 0) is 9.53 Å². The molecule has 1 saturated heterocycles. The SMILES string of the molecule is COC(=O)C(C)(C)C1CCCN(c2ccnc3cc(F)ccc23)C1. The van der Waals surface area contributed by atoms with E-state index in [4.69, 9.17) is 4.74 Å². The number of carbonyl (C=O) groups is 1. The highest BCUT2D eigenvalue weighted by atomic mass is 19.1. The van der Waals surface area contributed by atoms with Crippen LogP contribution in [0.15, 0.2) is 30.5 Å². The first-order chi connectivity index (χ1) is 11.4. The Kier molecular flexibility index (Phi) is 4.43. The van der Waals surface area contributed by atoms with E-state index in [0.29, 0.717) is 5.52 Å². The van der Waals surface area contributed by atoms with Crippen molar-refractivity contribution < 1.29 is 13.9 Å². The van der Waals surface area contributed by atoms with Crippen molar-refractivity contribution in [2.24, 2.45) is 11.3 Å². The number of anilines is 1. The molecule has 0 spiro atoms. The maximum Gasteiger partial charge on any atom is 0.311 e. The van der Waals surface area contributed by atoms with Gasteiger partial charge in [-0.05, 0) is 50.8 Å². The van der Waals surface area contributed by atoms with Crippen molar-refractivity contribution >= 4 is 22.6 Å². The summed E-state index contributed by atoms with van der Waals surface area (Å²) >= 11 is 0. The fraction of sp³-hybridized carbons (Fsp3) is 0.474. The number of nitrogens with zero attached hydrogens (tertiary/aromatic N) is 2. The Hall–Kier alpha value is -2.17. The van der Waals surface area contributed by atoms with Crippen molar-refractivity contribution in [3.05, 3.63) is 36.3 Å². The average Bonchev–Trinajstić information content (AvgIpc) is 2.60. The Bertz CT molecular complexity index is 760. The molecule has 0 bridgehead atoms. The fourth-order valence-corrected chi connectivity index (χ4v) is 3.60. The number of hydrogen-bond donors (Lipinski definition) is 0. The van der Waals surface area contributed by atoms with E-state index in [0.717, 1.165) is 37.0 Å². The maximum absolute atomic E-state index is 13.5. The van der Waals surface area contributed by atoms with Crippen molar-refractivity contribution in [1.82, 2.24) is 4.98 Å². The van der Waals surface area contributed by atoms with Crippen LogP contribution in [0.2, 0.25) is 0 Å². The number of esters is 1. The largest absolute Gasteiger partial charge is 0.469 e. The van der Waals surface area contributed by atoms with Gasteiger partial charge in [0.1, 0.15) is 5.82 Å². The molecule has 24 heavy (non-hydrogen) atoms. The second-order valence-corrected chi connectivity index (χ2v) is 6.99. The van der Waals surface area contributed by atoms with Crippen LogP contribution in [0.1, 0.15) is 26.7 Å². The number of rotatable bonds is 3. The standard InChI is InChI=1S/C19H23FN2O2/c1-19(2,18(23)24-3)13-5-4-10-22(12-13)17-8-9-21-16-11-14(20)6-7-15(16)17/h6-9,11,13H,4-5,10,12H2,1-3H3. The van der Waals surface area contributed by atoms with Crippen molar-refractivity contribution in [2.75, 3.05) is 25.1 Å². The summed E-state index contributed by atoms with van der Waals surface area (Å²) < 4.78 is 18.4. The number of benzene rings is 1. The minimum absolute atomic E-state index is 0.170. The number of aromatic nitrogens is 1. The molecule has 1 unspecified atom stereocenters. The first-order valence-corrected chi connectivity index (χ1v) is 8.31. The van der Waals surface area contributed by atoms with Crippen molar-refractivity contribution in [3.63, 3.8) is 0 Å². The lowest BCUT2D eigenvalue weighted by atomic mass is 9.74. The zero-order valence-corrected chi connectivity index (χ0v) is 14.4. The molecule has 0 amide bonds. The van der Waals surface area contributed by atoms with E-state index in [9.17, 15) is 9.18 Å². The van der Waals surface area contributed by atoms with Crippen LogP contribution in [0.25, 0.3) is 10.9 Å². The highest BCUT2D eigenvalue weighted by molar-refractivity contribution is 5.91. The van der Waals surface area contributed by atoms with Crippen molar-refractivity contribution in [2.45, 2.75) is 26.7 Å². The molecule has 3 rings (SSSR count). The third kappa shape index (κ3) is 2.95. The Balaban J connectivity index is 1.92. The second kappa shape index (κ2) is 6.38. The van der Waals surface area contributed by atoms with Gasteiger partial charge < -0.3 is 9.64 Å². The van der Waals surface area contributed by atoms with Crippen LogP contribution in [0.3, 0.4) is 0 Å². The first kappa shape index (κ1) is 16.7. The number of halogens is 1.